The van der Waals surface area contributed by atoms with E-state index in [2.05, 4.69) is 16.6 Å². The van der Waals surface area contributed by atoms with E-state index in [9.17, 15) is 14.4 Å². The first-order valence-electron chi connectivity index (χ1n) is 5.68. The summed E-state index contributed by atoms with van der Waals surface area (Å²) in [6.07, 6.45) is 0.732. The first kappa shape index (κ1) is 16.2. The van der Waals surface area contributed by atoms with Gasteiger partial charge in [-0.1, -0.05) is 6.92 Å². The third-order valence-corrected chi connectivity index (χ3v) is 1.57. The minimum atomic E-state index is -0.921. The summed E-state index contributed by atoms with van der Waals surface area (Å²) in [5.41, 5.74) is -0.612. The maximum Gasteiger partial charge on any atom is 0.384 e. The van der Waals surface area contributed by atoms with Crippen molar-refractivity contribution in [3.63, 3.8) is 0 Å². The number of carbonyl (C=O) groups is 3. The van der Waals surface area contributed by atoms with Crippen LogP contribution in [-0.2, 0) is 23.9 Å². The van der Waals surface area contributed by atoms with E-state index in [1.165, 1.54) is 0 Å². The number of Topliss-reactive ketones (excluding diaryl/α,β-unsaturated/α-hetero) is 1. The van der Waals surface area contributed by atoms with Crippen LogP contribution in [0.4, 0.5) is 0 Å². The van der Waals surface area contributed by atoms with Crippen molar-refractivity contribution < 1.29 is 23.9 Å². The van der Waals surface area contributed by atoms with E-state index >= 15 is 0 Å². The molecule has 100 valence electrons. The van der Waals surface area contributed by atoms with Crippen LogP contribution in [0, 0.1) is 11.8 Å². The Morgan fingerprint density at radius 3 is 2.28 bits per heavy atom. The highest BCUT2D eigenvalue weighted by Crippen LogP contribution is 2.05. The lowest BCUT2D eigenvalue weighted by Gasteiger charge is -2.16. The van der Waals surface area contributed by atoms with Crippen LogP contribution < -0.4 is 0 Å². The molecule has 0 aliphatic heterocycles. The van der Waals surface area contributed by atoms with Gasteiger partial charge in [0.05, 0.1) is 0 Å². The van der Waals surface area contributed by atoms with Gasteiger partial charge in [0.1, 0.15) is 5.60 Å². The average molecular weight is 254 g/mol. The van der Waals surface area contributed by atoms with E-state index in [0.29, 0.717) is 6.42 Å². The molecule has 0 N–H and O–H groups in total. The van der Waals surface area contributed by atoms with Crippen molar-refractivity contribution in [3.8, 4) is 11.8 Å². The van der Waals surface area contributed by atoms with E-state index in [0.717, 1.165) is 0 Å². The van der Waals surface area contributed by atoms with Crippen molar-refractivity contribution in [1.82, 2.24) is 0 Å². The Balaban J connectivity index is 4.02. The predicted molar refractivity (Wildman–Crippen MR) is 64.5 cm³/mol. The Morgan fingerprint density at radius 1 is 1.17 bits per heavy atom. The van der Waals surface area contributed by atoms with Crippen molar-refractivity contribution in [2.45, 2.75) is 46.1 Å². The fourth-order valence-corrected chi connectivity index (χ4v) is 0.923. The van der Waals surface area contributed by atoms with Crippen molar-refractivity contribution in [2.24, 2.45) is 0 Å². The summed E-state index contributed by atoms with van der Waals surface area (Å²) in [5, 5.41) is 0. The summed E-state index contributed by atoms with van der Waals surface area (Å²) in [6.45, 7) is 6.64. The molecule has 0 fully saturated rings. The molecule has 0 unspecified atom stereocenters. The molecule has 0 spiro atoms. The van der Waals surface area contributed by atoms with Gasteiger partial charge >= 0.3 is 11.9 Å². The van der Waals surface area contributed by atoms with Crippen LogP contribution in [0.3, 0.4) is 0 Å². The monoisotopic (exact) mass is 254 g/mol. The van der Waals surface area contributed by atoms with Crippen LogP contribution in [0.15, 0.2) is 0 Å². The Kier molecular flexibility index (Phi) is 6.73. The van der Waals surface area contributed by atoms with E-state index in [-0.39, 0.29) is 13.0 Å². The maximum atomic E-state index is 11.1. The van der Waals surface area contributed by atoms with Gasteiger partial charge in [-0.05, 0) is 33.1 Å². The van der Waals surface area contributed by atoms with Gasteiger partial charge in [-0.25, -0.2) is 9.59 Å². The summed E-state index contributed by atoms with van der Waals surface area (Å²) in [4.78, 5) is 33.2. The number of rotatable bonds is 4. The molecule has 0 saturated heterocycles. The lowest BCUT2D eigenvalue weighted by molar-refractivity contribution is -0.152. The van der Waals surface area contributed by atoms with E-state index < -0.39 is 23.3 Å². The minimum Gasteiger partial charge on any atom is -0.450 e. The van der Waals surface area contributed by atoms with Crippen LogP contribution in [0.1, 0.15) is 40.5 Å². The Labute approximate surface area is 107 Å². The van der Waals surface area contributed by atoms with Crippen LogP contribution in [0.2, 0.25) is 0 Å². The molecule has 5 heteroatoms. The van der Waals surface area contributed by atoms with E-state index in [4.69, 9.17) is 4.74 Å². The Bertz CT molecular complexity index is 378. The third kappa shape index (κ3) is 8.34. The molecular formula is C13H18O5. The summed E-state index contributed by atoms with van der Waals surface area (Å²) in [5.74, 6) is 2.28. The molecule has 0 aromatic heterocycles. The zero-order chi connectivity index (χ0) is 14.2. The molecule has 0 rings (SSSR count). The number of ether oxygens (including phenoxy) is 2. The zero-order valence-electron chi connectivity index (χ0n) is 11.2. The second kappa shape index (κ2) is 7.49. The second-order valence-electron chi connectivity index (χ2n) is 4.55. The van der Waals surface area contributed by atoms with Gasteiger partial charge in [-0.15, -0.1) is 0 Å². The van der Waals surface area contributed by atoms with Gasteiger partial charge in [-0.2, -0.15) is 0 Å². The smallest absolute Gasteiger partial charge is 0.384 e. The second-order valence-corrected chi connectivity index (χ2v) is 4.55. The fraction of sp³-hybridized carbons (Fsp3) is 0.615. The Morgan fingerprint density at radius 2 is 1.78 bits per heavy atom. The van der Waals surface area contributed by atoms with Crippen molar-refractivity contribution in [2.75, 3.05) is 6.61 Å². The molecule has 0 radical (unpaired) electrons. The largest absolute Gasteiger partial charge is 0.450 e. The Hall–Kier alpha value is -1.83. The number of hydrogen-bond acceptors (Lipinski definition) is 5. The van der Waals surface area contributed by atoms with Gasteiger partial charge in [-0.3, -0.25) is 4.79 Å². The third-order valence-electron chi connectivity index (χ3n) is 1.57. The highest BCUT2D eigenvalue weighted by atomic mass is 16.6. The first-order valence-corrected chi connectivity index (χ1v) is 5.68. The lowest BCUT2D eigenvalue weighted by Crippen LogP contribution is -2.23. The molecule has 0 bridgehead atoms. The van der Waals surface area contributed by atoms with Gasteiger partial charge in [0.2, 0.25) is 5.78 Å². The molecule has 0 atom stereocenters. The maximum absolute atomic E-state index is 11.1. The summed E-state index contributed by atoms with van der Waals surface area (Å²) in [6, 6.07) is 0. The normalized spacial score (nSPS) is 10.0. The lowest BCUT2D eigenvalue weighted by atomic mass is 10.2. The molecule has 18 heavy (non-hydrogen) atoms. The molecule has 5 nitrogen and oxygen atoms in total. The highest BCUT2D eigenvalue weighted by Gasteiger charge is 2.15. The number of carbonyl (C=O) groups excluding carboxylic acids is 3. The van der Waals surface area contributed by atoms with Gasteiger partial charge in [0.15, 0.2) is 6.61 Å². The molecule has 0 aliphatic rings. The average Bonchev–Trinajstić information content (AvgIpc) is 2.21. The van der Waals surface area contributed by atoms with Crippen molar-refractivity contribution >= 4 is 17.7 Å². The van der Waals surface area contributed by atoms with Crippen LogP contribution in [-0.4, -0.2) is 29.9 Å². The predicted octanol–water partition coefficient (Wildman–Crippen LogP) is 1.24. The molecule has 0 heterocycles. The number of esters is 2. The van der Waals surface area contributed by atoms with Crippen molar-refractivity contribution in [1.29, 1.82) is 0 Å². The van der Waals surface area contributed by atoms with Gasteiger partial charge in [0.25, 0.3) is 0 Å². The standard InChI is InChI=1S/C13H18O5/c1-5-7-10(14)12(16)17-9-6-8-11(15)18-13(2,3)4/h5,7,9H2,1-4H3. The van der Waals surface area contributed by atoms with Crippen molar-refractivity contribution in [3.05, 3.63) is 0 Å². The minimum absolute atomic E-state index is 0.151. The topological polar surface area (TPSA) is 69.7 Å². The van der Waals surface area contributed by atoms with Gasteiger partial charge < -0.3 is 9.47 Å². The van der Waals surface area contributed by atoms with Crippen LogP contribution in [0.5, 0.6) is 0 Å². The molecule has 0 amide bonds. The van der Waals surface area contributed by atoms with Crippen LogP contribution in [0.25, 0.3) is 0 Å². The summed E-state index contributed by atoms with van der Waals surface area (Å²) >= 11 is 0. The number of ketones is 1. The van der Waals surface area contributed by atoms with E-state index in [1.807, 2.05) is 0 Å². The first-order chi connectivity index (χ1) is 8.26. The van der Waals surface area contributed by atoms with Gasteiger partial charge in [0, 0.05) is 12.3 Å². The summed E-state index contributed by atoms with van der Waals surface area (Å²) in [7, 11) is 0. The zero-order valence-corrected chi connectivity index (χ0v) is 11.2. The SMILES string of the molecule is CCCC(=O)C(=O)OCC#CC(=O)OC(C)(C)C. The van der Waals surface area contributed by atoms with Crippen LogP contribution >= 0.6 is 0 Å². The molecule has 0 aromatic carbocycles. The fourth-order valence-electron chi connectivity index (χ4n) is 0.923. The summed E-state index contributed by atoms with van der Waals surface area (Å²) < 4.78 is 9.48. The highest BCUT2D eigenvalue weighted by molar-refractivity contribution is 6.33. The molecule has 0 aliphatic carbocycles. The molecule has 0 aromatic rings. The molecular weight excluding hydrogens is 236 g/mol. The van der Waals surface area contributed by atoms with E-state index in [1.54, 1.807) is 27.7 Å². The molecule has 0 saturated carbocycles. The quantitative estimate of drug-likeness (QED) is 0.327. The number of hydrogen-bond donors (Lipinski definition) is 0.